The van der Waals surface area contributed by atoms with Gasteiger partial charge in [0.25, 0.3) is 0 Å². The lowest BCUT2D eigenvalue weighted by atomic mass is 9.77. The predicted molar refractivity (Wildman–Crippen MR) is 81.3 cm³/mol. The normalized spacial score (nSPS) is 21.2. The molecule has 0 heterocycles. The van der Waals surface area contributed by atoms with Gasteiger partial charge in [0.1, 0.15) is 5.82 Å². The summed E-state index contributed by atoms with van der Waals surface area (Å²) < 4.78 is 12.9. The molecule has 2 heteroatoms. The smallest absolute Gasteiger partial charge is 0.123 e. The van der Waals surface area contributed by atoms with E-state index in [1.807, 2.05) is 12.1 Å². The molecule has 0 saturated heterocycles. The van der Waals surface area contributed by atoms with Gasteiger partial charge in [0.05, 0.1) is 0 Å². The van der Waals surface area contributed by atoms with Crippen LogP contribution in [0, 0.1) is 11.2 Å². The van der Waals surface area contributed by atoms with E-state index in [9.17, 15) is 4.39 Å². The van der Waals surface area contributed by atoms with Crippen LogP contribution in [-0.2, 0) is 6.42 Å². The van der Waals surface area contributed by atoms with E-state index in [2.05, 4.69) is 5.32 Å². The Kier molecular flexibility index (Phi) is 4.40. The van der Waals surface area contributed by atoms with E-state index in [0.29, 0.717) is 5.41 Å². The summed E-state index contributed by atoms with van der Waals surface area (Å²) in [5, 5.41) is 3.66. The lowest BCUT2D eigenvalue weighted by molar-refractivity contribution is 0.245. The molecule has 2 aliphatic rings. The SMILES string of the molecule is Fc1ccc(CCC2(CCNC3CC3)CCCC2)cc1. The van der Waals surface area contributed by atoms with Crippen molar-refractivity contribution in [3.8, 4) is 0 Å². The van der Waals surface area contributed by atoms with Crippen molar-refractivity contribution in [3.05, 3.63) is 35.6 Å². The van der Waals surface area contributed by atoms with Crippen molar-refractivity contribution in [2.45, 2.75) is 63.8 Å². The van der Waals surface area contributed by atoms with Crippen LogP contribution in [-0.4, -0.2) is 12.6 Å². The molecule has 0 aliphatic heterocycles. The van der Waals surface area contributed by atoms with Crippen molar-refractivity contribution in [2.75, 3.05) is 6.54 Å². The van der Waals surface area contributed by atoms with E-state index in [-0.39, 0.29) is 5.82 Å². The second-order valence-electron chi connectivity index (χ2n) is 6.81. The van der Waals surface area contributed by atoms with E-state index < -0.39 is 0 Å². The van der Waals surface area contributed by atoms with Crippen LogP contribution in [0.15, 0.2) is 24.3 Å². The molecule has 0 radical (unpaired) electrons. The molecule has 0 bridgehead atoms. The molecule has 0 spiro atoms. The fourth-order valence-corrected chi connectivity index (χ4v) is 3.64. The van der Waals surface area contributed by atoms with Crippen LogP contribution in [0.4, 0.5) is 4.39 Å². The Morgan fingerprint density at radius 3 is 2.40 bits per heavy atom. The minimum atomic E-state index is -0.127. The summed E-state index contributed by atoms with van der Waals surface area (Å²) in [4.78, 5) is 0. The molecular weight excluding hydrogens is 249 g/mol. The summed E-state index contributed by atoms with van der Waals surface area (Å²) in [6.07, 6.45) is 12.0. The summed E-state index contributed by atoms with van der Waals surface area (Å²) in [7, 11) is 0. The summed E-state index contributed by atoms with van der Waals surface area (Å²) in [6, 6.07) is 7.89. The molecule has 0 atom stereocenters. The first kappa shape index (κ1) is 14.1. The first-order valence-corrected chi connectivity index (χ1v) is 8.24. The maximum atomic E-state index is 12.9. The van der Waals surface area contributed by atoms with Crippen molar-refractivity contribution in [2.24, 2.45) is 5.41 Å². The van der Waals surface area contributed by atoms with Gasteiger partial charge in [-0.05, 0) is 74.6 Å². The number of rotatable bonds is 7. The first-order chi connectivity index (χ1) is 9.76. The van der Waals surface area contributed by atoms with Gasteiger partial charge < -0.3 is 5.32 Å². The predicted octanol–water partition coefficient (Wildman–Crippen LogP) is 4.46. The van der Waals surface area contributed by atoms with Crippen LogP contribution in [0.25, 0.3) is 0 Å². The van der Waals surface area contributed by atoms with E-state index in [0.717, 1.165) is 12.5 Å². The standard InChI is InChI=1S/C18H26FN/c19-16-5-3-15(4-6-16)9-12-18(10-1-2-11-18)13-14-20-17-7-8-17/h3-6,17,20H,1-2,7-14H2. The summed E-state index contributed by atoms with van der Waals surface area (Å²) >= 11 is 0. The first-order valence-electron chi connectivity index (χ1n) is 8.24. The summed E-state index contributed by atoms with van der Waals surface area (Å²) in [5.74, 6) is -0.127. The summed E-state index contributed by atoms with van der Waals surface area (Å²) in [6.45, 7) is 1.19. The Hall–Kier alpha value is -0.890. The zero-order valence-electron chi connectivity index (χ0n) is 12.3. The van der Waals surface area contributed by atoms with Crippen LogP contribution in [0.3, 0.4) is 0 Å². The zero-order valence-corrected chi connectivity index (χ0v) is 12.3. The van der Waals surface area contributed by atoms with Gasteiger partial charge in [-0.3, -0.25) is 0 Å². The molecule has 20 heavy (non-hydrogen) atoms. The average Bonchev–Trinajstić information content (AvgIpc) is 3.16. The highest BCUT2D eigenvalue weighted by atomic mass is 19.1. The fourth-order valence-electron chi connectivity index (χ4n) is 3.64. The molecule has 110 valence electrons. The van der Waals surface area contributed by atoms with Gasteiger partial charge in [0.15, 0.2) is 0 Å². The van der Waals surface area contributed by atoms with Gasteiger partial charge >= 0.3 is 0 Å². The minimum absolute atomic E-state index is 0.127. The molecule has 1 nitrogen and oxygen atoms in total. The van der Waals surface area contributed by atoms with Crippen molar-refractivity contribution in [3.63, 3.8) is 0 Å². The van der Waals surface area contributed by atoms with Crippen LogP contribution >= 0.6 is 0 Å². The molecule has 2 saturated carbocycles. The van der Waals surface area contributed by atoms with Crippen LogP contribution < -0.4 is 5.32 Å². The van der Waals surface area contributed by atoms with Gasteiger partial charge in [-0.25, -0.2) is 4.39 Å². The summed E-state index contributed by atoms with van der Waals surface area (Å²) in [5.41, 5.74) is 1.84. The third kappa shape index (κ3) is 3.82. The van der Waals surface area contributed by atoms with Crippen LogP contribution in [0.5, 0.6) is 0 Å². The van der Waals surface area contributed by atoms with E-state index in [1.54, 1.807) is 12.1 Å². The third-order valence-electron chi connectivity index (χ3n) is 5.19. The monoisotopic (exact) mass is 275 g/mol. The highest BCUT2D eigenvalue weighted by Gasteiger charge is 2.33. The molecule has 0 aromatic heterocycles. The maximum absolute atomic E-state index is 12.9. The topological polar surface area (TPSA) is 12.0 Å². The molecule has 1 aromatic carbocycles. The Bertz CT molecular complexity index is 416. The zero-order chi connectivity index (χ0) is 13.8. The quantitative estimate of drug-likeness (QED) is 0.774. The molecule has 2 aliphatic carbocycles. The number of hydrogen-bond acceptors (Lipinski definition) is 1. The number of halogens is 1. The molecule has 1 aromatic rings. The highest BCUT2D eigenvalue weighted by Crippen LogP contribution is 2.44. The Morgan fingerprint density at radius 2 is 1.75 bits per heavy atom. The highest BCUT2D eigenvalue weighted by molar-refractivity contribution is 5.16. The van der Waals surface area contributed by atoms with Gasteiger partial charge in [-0.1, -0.05) is 25.0 Å². The van der Waals surface area contributed by atoms with E-state index >= 15 is 0 Å². The Morgan fingerprint density at radius 1 is 1.05 bits per heavy atom. The Balaban J connectivity index is 1.51. The van der Waals surface area contributed by atoms with Gasteiger partial charge in [-0.2, -0.15) is 0 Å². The second-order valence-corrected chi connectivity index (χ2v) is 6.81. The van der Waals surface area contributed by atoms with Crippen molar-refractivity contribution in [1.29, 1.82) is 0 Å². The lowest BCUT2D eigenvalue weighted by Crippen LogP contribution is -2.26. The maximum Gasteiger partial charge on any atom is 0.123 e. The molecule has 2 fully saturated rings. The minimum Gasteiger partial charge on any atom is -0.314 e. The van der Waals surface area contributed by atoms with Crippen molar-refractivity contribution < 1.29 is 4.39 Å². The van der Waals surface area contributed by atoms with Crippen LogP contribution in [0.1, 0.15) is 56.9 Å². The van der Waals surface area contributed by atoms with Gasteiger partial charge in [0.2, 0.25) is 0 Å². The number of aryl methyl sites for hydroxylation is 1. The largest absolute Gasteiger partial charge is 0.314 e. The van der Waals surface area contributed by atoms with Gasteiger partial charge in [-0.15, -0.1) is 0 Å². The molecule has 0 unspecified atom stereocenters. The average molecular weight is 275 g/mol. The number of nitrogens with one attached hydrogen (secondary N) is 1. The fraction of sp³-hybridized carbons (Fsp3) is 0.667. The third-order valence-corrected chi connectivity index (χ3v) is 5.19. The van der Waals surface area contributed by atoms with Crippen molar-refractivity contribution >= 4 is 0 Å². The molecular formula is C18H26FN. The molecule has 3 rings (SSSR count). The van der Waals surface area contributed by atoms with E-state index in [4.69, 9.17) is 0 Å². The van der Waals surface area contributed by atoms with E-state index in [1.165, 1.54) is 63.5 Å². The Labute approximate surface area is 122 Å². The second kappa shape index (κ2) is 6.26. The van der Waals surface area contributed by atoms with Crippen molar-refractivity contribution in [1.82, 2.24) is 5.32 Å². The molecule has 0 amide bonds. The lowest BCUT2D eigenvalue weighted by Gasteiger charge is -2.29. The molecule has 1 N–H and O–H groups in total. The number of hydrogen-bond donors (Lipinski definition) is 1. The van der Waals surface area contributed by atoms with Crippen LogP contribution in [0.2, 0.25) is 0 Å². The van der Waals surface area contributed by atoms with Gasteiger partial charge in [0, 0.05) is 6.04 Å². The number of benzene rings is 1.